The number of fused-ring (bicyclic) bond motifs is 3. The zero-order valence-electron chi connectivity index (χ0n) is 16.9. The van der Waals surface area contributed by atoms with Crippen LogP contribution in [0.25, 0.3) is 10.2 Å². The normalized spacial score (nSPS) is 13.1. The molecule has 162 valence electrons. The van der Waals surface area contributed by atoms with Gasteiger partial charge in [-0.25, -0.2) is 9.37 Å². The van der Waals surface area contributed by atoms with E-state index in [2.05, 4.69) is 15.6 Å². The molecule has 0 aliphatic heterocycles. The van der Waals surface area contributed by atoms with E-state index in [9.17, 15) is 18.8 Å². The lowest BCUT2D eigenvalue weighted by Crippen LogP contribution is -2.33. The van der Waals surface area contributed by atoms with Crippen LogP contribution in [0.1, 0.15) is 36.1 Å². The van der Waals surface area contributed by atoms with Crippen molar-refractivity contribution in [3.05, 3.63) is 57.2 Å². The molecule has 4 rings (SSSR count). The summed E-state index contributed by atoms with van der Waals surface area (Å²) in [6.45, 7) is 0.210. The van der Waals surface area contributed by atoms with Gasteiger partial charge in [-0.15, -0.1) is 11.3 Å². The number of hydrogen-bond acceptors (Lipinski definition) is 5. The minimum Gasteiger partial charge on any atom is -0.355 e. The third-order valence-electron chi connectivity index (χ3n) is 5.29. The molecular formula is C22H23FN4O3S. The van der Waals surface area contributed by atoms with Crippen molar-refractivity contribution in [3.63, 3.8) is 0 Å². The number of aromatic nitrogens is 2. The fourth-order valence-corrected chi connectivity index (χ4v) is 4.96. The van der Waals surface area contributed by atoms with Crippen LogP contribution in [0.5, 0.6) is 0 Å². The number of nitrogens with one attached hydrogen (secondary N) is 2. The molecule has 31 heavy (non-hydrogen) atoms. The molecule has 0 atom stereocenters. The van der Waals surface area contributed by atoms with Gasteiger partial charge in [0.25, 0.3) is 5.56 Å². The van der Waals surface area contributed by atoms with Crippen LogP contribution in [0.15, 0.2) is 35.4 Å². The molecule has 1 aliphatic rings. The van der Waals surface area contributed by atoms with Gasteiger partial charge in [0.05, 0.1) is 11.7 Å². The van der Waals surface area contributed by atoms with Crippen LogP contribution in [0.3, 0.4) is 0 Å². The molecule has 0 fully saturated rings. The second-order valence-electron chi connectivity index (χ2n) is 7.58. The summed E-state index contributed by atoms with van der Waals surface area (Å²) >= 11 is 1.58. The molecule has 0 saturated heterocycles. The highest BCUT2D eigenvalue weighted by atomic mass is 32.1. The molecule has 1 aliphatic carbocycles. The summed E-state index contributed by atoms with van der Waals surface area (Å²) < 4.78 is 14.2. The molecule has 0 unspecified atom stereocenters. The van der Waals surface area contributed by atoms with Crippen molar-refractivity contribution >= 4 is 39.1 Å². The highest BCUT2D eigenvalue weighted by Gasteiger charge is 2.20. The van der Waals surface area contributed by atoms with Crippen molar-refractivity contribution in [3.8, 4) is 0 Å². The van der Waals surface area contributed by atoms with Crippen LogP contribution in [0.4, 0.5) is 10.1 Å². The summed E-state index contributed by atoms with van der Waals surface area (Å²) in [5.74, 6) is -0.881. The average molecular weight is 443 g/mol. The summed E-state index contributed by atoms with van der Waals surface area (Å²) in [5.41, 5.74) is 1.46. The van der Waals surface area contributed by atoms with E-state index in [4.69, 9.17) is 0 Å². The highest BCUT2D eigenvalue weighted by molar-refractivity contribution is 7.18. The van der Waals surface area contributed by atoms with E-state index in [1.807, 2.05) is 0 Å². The number of carbonyl (C=O) groups is 2. The van der Waals surface area contributed by atoms with Crippen LogP contribution in [-0.4, -0.2) is 27.9 Å². The summed E-state index contributed by atoms with van der Waals surface area (Å²) in [6, 6.07) is 5.52. The Hall–Kier alpha value is -3.07. The van der Waals surface area contributed by atoms with Crippen LogP contribution >= 0.6 is 11.3 Å². The second-order valence-corrected chi connectivity index (χ2v) is 8.66. The van der Waals surface area contributed by atoms with Crippen LogP contribution in [-0.2, 0) is 29.0 Å². The fourth-order valence-electron chi connectivity index (χ4n) is 3.74. The number of hydrogen-bond donors (Lipinski definition) is 2. The van der Waals surface area contributed by atoms with Crippen molar-refractivity contribution in [1.29, 1.82) is 0 Å². The molecule has 2 aromatic heterocycles. The third-order valence-corrected chi connectivity index (χ3v) is 6.49. The maximum atomic E-state index is 12.9. The summed E-state index contributed by atoms with van der Waals surface area (Å²) in [7, 11) is 0. The number of carbonyl (C=O) groups excluding carboxylic acids is 2. The maximum absolute atomic E-state index is 12.9. The van der Waals surface area contributed by atoms with Gasteiger partial charge in [-0.05, 0) is 61.9 Å². The maximum Gasteiger partial charge on any atom is 0.262 e. The number of nitrogens with zero attached hydrogens (tertiary/aromatic N) is 2. The van der Waals surface area contributed by atoms with E-state index in [0.29, 0.717) is 24.0 Å². The van der Waals surface area contributed by atoms with E-state index in [-0.39, 0.29) is 36.2 Å². The standard InChI is InChI=1S/C22H23FN4O3S/c23-14-7-9-15(10-8-14)26-18(28)6-3-11-24-19(29)12-27-13-25-21-20(22(27)30)16-4-1-2-5-17(16)31-21/h7-10,13H,1-6,11-12H2,(H,24,29)(H,26,28). The Morgan fingerprint density at radius 2 is 1.90 bits per heavy atom. The Morgan fingerprint density at radius 3 is 2.71 bits per heavy atom. The van der Waals surface area contributed by atoms with Crippen LogP contribution in [0.2, 0.25) is 0 Å². The minimum absolute atomic E-state index is 0.103. The van der Waals surface area contributed by atoms with Crippen molar-refractivity contribution in [1.82, 2.24) is 14.9 Å². The van der Waals surface area contributed by atoms with Crippen molar-refractivity contribution < 1.29 is 14.0 Å². The number of halogens is 1. The van der Waals surface area contributed by atoms with Gasteiger partial charge in [0.15, 0.2) is 0 Å². The predicted octanol–water partition coefficient (Wildman–Crippen LogP) is 3.01. The lowest BCUT2D eigenvalue weighted by molar-refractivity contribution is -0.122. The lowest BCUT2D eigenvalue weighted by atomic mass is 9.97. The molecule has 7 nitrogen and oxygen atoms in total. The summed E-state index contributed by atoms with van der Waals surface area (Å²) in [4.78, 5) is 43.5. The molecule has 0 bridgehead atoms. The van der Waals surface area contributed by atoms with Crippen molar-refractivity contribution in [2.45, 2.75) is 45.1 Å². The zero-order valence-corrected chi connectivity index (χ0v) is 17.8. The van der Waals surface area contributed by atoms with Gasteiger partial charge in [0.2, 0.25) is 11.8 Å². The van der Waals surface area contributed by atoms with E-state index in [1.54, 1.807) is 11.3 Å². The molecule has 0 saturated carbocycles. The first-order valence-corrected chi connectivity index (χ1v) is 11.1. The topological polar surface area (TPSA) is 93.1 Å². The first-order chi connectivity index (χ1) is 15.0. The molecule has 1 aromatic carbocycles. The van der Waals surface area contributed by atoms with Gasteiger partial charge in [0, 0.05) is 23.5 Å². The number of amides is 2. The number of benzene rings is 1. The summed E-state index contributed by atoms with van der Waals surface area (Å²) in [6.07, 6.45) is 6.19. The Bertz CT molecular complexity index is 1170. The number of thiophene rings is 1. The number of anilines is 1. The van der Waals surface area contributed by atoms with Crippen LogP contribution in [0, 0.1) is 5.82 Å². The molecular weight excluding hydrogens is 419 g/mol. The SMILES string of the molecule is O=C(Cn1cnc2sc3c(c2c1=O)CCCC3)NCCCC(=O)Nc1ccc(F)cc1. The van der Waals surface area contributed by atoms with Gasteiger partial charge in [0.1, 0.15) is 17.2 Å². The smallest absolute Gasteiger partial charge is 0.262 e. The number of aryl methyl sites for hydroxylation is 2. The first-order valence-electron chi connectivity index (χ1n) is 10.3. The Labute approximate surface area is 182 Å². The quantitative estimate of drug-likeness (QED) is 0.550. The van der Waals surface area contributed by atoms with Gasteiger partial charge >= 0.3 is 0 Å². The van der Waals surface area contributed by atoms with Gasteiger partial charge in [-0.1, -0.05) is 0 Å². The summed E-state index contributed by atoms with van der Waals surface area (Å²) in [5, 5.41) is 6.07. The Balaban J connectivity index is 1.27. The number of rotatable bonds is 7. The van der Waals surface area contributed by atoms with Crippen LogP contribution < -0.4 is 16.2 Å². The monoisotopic (exact) mass is 442 g/mol. The second kappa shape index (κ2) is 9.38. The molecule has 0 spiro atoms. The average Bonchev–Trinajstić information content (AvgIpc) is 3.14. The molecule has 2 heterocycles. The predicted molar refractivity (Wildman–Crippen MR) is 118 cm³/mol. The van der Waals surface area contributed by atoms with E-state index < -0.39 is 0 Å². The van der Waals surface area contributed by atoms with Gasteiger partial charge in [-0.3, -0.25) is 19.0 Å². The lowest BCUT2D eigenvalue weighted by Gasteiger charge is -2.10. The first kappa shape index (κ1) is 21.2. The third kappa shape index (κ3) is 4.99. The highest BCUT2D eigenvalue weighted by Crippen LogP contribution is 2.33. The molecule has 3 aromatic rings. The zero-order chi connectivity index (χ0) is 21.8. The van der Waals surface area contributed by atoms with E-state index in [1.165, 1.54) is 40.0 Å². The minimum atomic E-state index is -0.368. The fraction of sp³-hybridized carbons (Fsp3) is 0.364. The molecule has 0 radical (unpaired) electrons. The molecule has 2 amide bonds. The van der Waals surface area contributed by atoms with Crippen molar-refractivity contribution in [2.24, 2.45) is 0 Å². The van der Waals surface area contributed by atoms with E-state index >= 15 is 0 Å². The largest absolute Gasteiger partial charge is 0.355 e. The van der Waals surface area contributed by atoms with E-state index in [0.717, 1.165) is 36.1 Å². The van der Waals surface area contributed by atoms with Gasteiger partial charge in [-0.2, -0.15) is 0 Å². The molecule has 9 heteroatoms. The molecule has 2 N–H and O–H groups in total. The Morgan fingerprint density at radius 1 is 1.13 bits per heavy atom. The van der Waals surface area contributed by atoms with Crippen molar-refractivity contribution in [2.75, 3.05) is 11.9 Å². The van der Waals surface area contributed by atoms with Gasteiger partial charge < -0.3 is 10.6 Å². The Kier molecular flexibility index (Phi) is 6.41.